The van der Waals surface area contributed by atoms with Gasteiger partial charge < -0.3 is 5.11 Å². The van der Waals surface area contributed by atoms with Crippen LogP contribution in [0.4, 0.5) is 10.1 Å². The van der Waals surface area contributed by atoms with E-state index in [1.807, 2.05) is 18.4 Å². The third-order valence-corrected chi connectivity index (χ3v) is 5.80. The van der Waals surface area contributed by atoms with Crippen LogP contribution < -0.4 is 4.90 Å². The lowest BCUT2D eigenvalue weighted by molar-refractivity contribution is -0.132. The minimum Gasteiger partial charge on any atom is -0.507 e. The minimum absolute atomic E-state index is 0.00557. The van der Waals surface area contributed by atoms with E-state index in [2.05, 4.69) is 0 Å². The summed E-state index contributed by atoms with van der Waals surface area (Å²) in [4.78, 5) is 27.8. The van der Waals surface area contributed by atoms with E-state index in [0.717, 1.165) is 10.4 Å². The Kier molecular flexibility index (Phi) is 4.57. The van der Waals surface area contributed by atoms with Crippen molar-refractivity contribution in [1.29, 1.82) is 0 Å². The largest absolute Gasteiger partial charge is 0.507 e. The molecule has 1 amide bonds. The number of rotatable bonds is 3. The number of Topliss-reactive ketones (excluding diaryl/α,β-unsaturated/α-hetero) is 1. The van der Waals surface area contributed by atoms with Gasteiger partial charge in [0.05, 0.1) is 5.57 Å². The average Bonchev–Trinajstić information content (AvgIpc) is 3.23. The molecule has 2 heterocycles. The van der Waals surface area contributed by atoms with Gasteiger partial charge in [0.15, 0.2) is 0 Å². The zero-order valence-corrected chi connectivity index (χ0v) is 15.7. The molecule has 0 bridgehead atoms. The molecule has 1 fully saturated rings. The van der Waals surface area contributed by atoms with Crippen LogP contribution >= 0.6 is 11.3 Å². The van der Waals surface area contributed by atoms with Crippen LogP contribution in [0.2, 0.25) is 0 Å². The normalized spacial score (nSPS) is 18.6. The second-order valence-corrected chi connectivity index (χ2v) is 7.43. The van der Waals surface area contributed by atoms with Gasteiger partial charge in [-0.2, -0.15) is 0 Å². The number of hydrogen-bond acceptors (Lipinski definition) is 4. The minimum atomic E-state index is -0.818. The van der Waals surface area contributed by atoms with Gasteiger partial charge in [0, 0.05) is 16.1 Å². The average molecular weight is 393 g/mol. The van der Waals surface area contributed by atoms with Crippen LogP contribution in [0.1, 0.15) is 22.0 Å². The molecule has 6 heteroatoms. The van der Waals surface area contributed by atoms with Crippen molar-refractivity contribution in [3.8, 4) is 0 Å². The van der Waals surface area contributed by atoms with Crippen LogP contribution in [0, 0.1) is 12.7 Å². The number of amides is 1. The number of hydrogen-bond donors (Lipinski definition) is 1. The first-order valence-electron chi connectivity index (χ1n) is 8.65. The van der Waals surface area contributed by atoms with Gasteiger partial charge in [-0.25, -0.2) is 4.39 Å². The van der Waals surface area contributed by atoms with Gasteiger partial charge in [-0.15, -0.1) is 11.3 Å². The van der Waals surface area contributed by atoms with Crippen molar-refractivity contribution in [1.82, 2.24) is 0 Å². The molecule has 2 aromatic carbocycles. The number of aliphatic hydroxyl groups excluding tert-OH is 1. The molecule has 1 N–H and O–H groups in total. The van der Waals surface area contributed by atoms with Crippen LogP contribution in [0.3, 0.4) is 0 Å². The van der Waals surface area contributed by atoms with Gasteiger partial charge in [-0.05, 0) is 42.1 Å². The van der Waals surface area contributed by atoms with Gasteiger partial charge in [0.2, 0.25) is 0 Å². The van der Waals surface area contributed by atoms with Crippen molar-refractivity contribution in [2.75, 3.05) is 4.90 Å². The van der Waals surface area contributed by atoms with E-state index in [9.17, 15) is 19.1 Å². The third-order valence-electron chi connectivity index (χ3n) is 4.73. The number of thiophene rings is 1. The number of anilines is 1. The topological polar surface area (TPSA) is 57.6 Å². The summed E-state index contributed by atoms with van der Waals surface area (Å²) in [6.45, 7) is 1.88. The van der Waals surface area contributed by atoms with Crippen LogP contribution in [0.15, 0.2) is 71.6 Å². The van der Waals surface area contributed by atoms with Crippen LogP contribution in [0.25, 0.3) is 5.76 Å². The Hall–Kier alpha value is -3.25. The number of carbonyl (C=O) groups is 2. The molecular formula is C22H16FNO3S. The summed E-state index contributed by atoms with van der Waals surface area (Å²) in [6, 6.07) is 15.2. The molecule has 0 saturated carbocycles. The Balaban J connectivity index is 1.97. The zero-order valence-electron chi connectivity index (χ0n) is 14.9. The third kappa shape index (κ3) is 2.92. The Bertz CT molecular complexity index is 1100. The zero-order chi connectivity index (χ0) is 19.8. The maximum Gasteiger partial charge on any atom is 0.300 e. The highest BCUT2D eigenvalue weighted by Gasteiger charge is 2.47. The first-order chi connectivity index (χ1) is 13.5. The van der Waals surface area contributed by atoms with Crippen molar-refractivity contribution in [2.24, 2.45) is 0 Å². The summed E-state index contributed by atoms with van der Waals surface area (Å²) in [7, 11) is 0. The van der Waals surface area contributed by atoms with Crippen molar-refractivity contribution in [3.63, 3.8) is 0 Å². The van der Waals surface area contributed by atoms with E-state index in [1.54, 1.807) is 36.4 Å². The molecule has 0 spiro atoms. The standard InChI is InChI=1S/C22H16FNO3S/c1-13-10-11-28-21(13)18-17(19(25)14-6-3-2-4-7-14)20(26)22(27)24(18)16-9-5-8-15(23)12-16/h2-12,18,25H,1H3/b19-17-. The molecule has 1 unspecified atom stereocenters. The molecule has 1 aliphatic rings. The molecule has 0 aliphatic carbocycles. The predicted molar refractivity (Wildman–Crippen MR) is 107 cm³/mol. The fourth-order valence-corrected chi connectivity index (χ4v) is 4.41. The lowest BCUT2D eigenvalue weighted by Crippen LogP contribution is -2.29. The fraction of sp³-hybridized carbons (Fsp3) is 0.0909. The molecule has 4 rings (SSSR count). The monoisotopic (exact) mass is 393 g/mol. The van der Waals surface area contributed by atoms with E-state index >= 15 is 0 Å². The number of nitrogens with zero attached hydrogens (tertiary/aromatic N) is 1. The summed E-state index contributed by atoms with van der Waals surface area (Å²) >= 11 is 1.38. The second kappa shape index (κ2) is 7.05. The van der Waals surface area contributed by atoms with Crippen LogP contribution in [-0.2, 0) is 9.59 Å². The molecule has 4 nitrogen and oxygen atoms in total. The number of benzene rings is 2. The van der Waals surface area contributed by atoms with Gasteiger partial charge in [-0.1, -0.05) is 36.4 Å². The van der Waals surface area contributed by atoms with Crippen molar-refractivity contribution < 1.29 is 19.1 Å². The molecule has 1 aliphatic heterocycles. The number of aryl methyl sites for hydroxylation is 1. The molecule has 1 saturated heterocycles. The number of halogens is 1. The van der Waals surface area contributed by atoms with Crippen molar-refractivity contribution >= 4 is 34.5 Å². The SMILES string of the molecule is Cc1ccsc1C1/C(=C(/O)c2ccccc2)C(=O)C(=O)N1c1cccc(F)c1. The molecule has 3 aromatic rings. The molecule has 140 valence electrons. The van der Waals surface area contributed by atoms with Crippen molar-refractivity contribution in [3.05, 3.63) is 93.4 Å². The van der Waals surface area contributed by atoms with Gasteiger partial charge in [0.1, 0.15) is 17.6 Å². The highest BCUT2D eigenvalue weighted by molar-refractivity contribution is 7.10. The summed E-state index contributed by atoms with van der Waals surface area (Å²) in [5, 5.41) is 12.8. The first-order valence-corrected chi connectivity index (χ1v) is 9.53. The maximum atomic E-state index is 13.8. The smallest absolute Gasteiger partial charge is 0.300 e. The van der Waals surface area contributed by atoms with E-state index in [0.29, 0.717) is 5.56 Å². The van der Waals surface area contributed by atoms with Crippen LogP contribution in [0.5, 0.6) is 0 Å². The van der Waals surface area contributed by atoms with E-state index in [-0.39, 0.29) is 17.0 Å². The Morgan fingerprint density at radius 2 is 1.82 bits per heavy atom. The highest BCUT2D eigenvalue weighted by atomic mass is 32.1. The molecule has 28 heavy (non-hydrogen) atoms. The quantitative estimate of drug-likeness (QED) is 0.394. The summed E-state index contributed by atoms with van der Waals surface area (Å²) < 4.78 is 13.8. The van der Waals surface area contributed by atoms with E-state index < -0.39 is 23.5 Å². The summed E-state index contributed by atoms with van der Waals surface area (Å²) in [5.74, 6) is -2.33. The van der Waals surface area contributed by atoms with Gasteiger partial charge in [0.25, 0.3) is 11.7 Å². The Labute approximate surface area is 165 Å². The summed E-state index contributed by atoms with van der Waals surface area (Å²) in [6.07, 6.45) is 0. The Morgan fingerprint density at radius 3 is 2.46 bits per heavy atom. The molecule has 1 atom stereocenters. The summed E-state index contributed by atoms with van der Waals surface area (Å²) in [5.41, 5.74) is 1.61. The number of carbonyl (C=O) groups excluding carboxylic acids is 2. The maximum absolute atomic E-state index is 13.8. The molecule has 1 aromatic heterocycles. The molecular weight excluding hydrogens is 377 g/mol. The van der Waals surface area contributed by atoms with E-state index in [4.69, 9.17) is 0 Å². The van der Waals surface area contributed by atoms with Gasteiger partial charge >= 0.3 is 0 Å². The number of aliphatic hydroxyl groups is 1. The van der Waals surface area contributed by atoms with Crippen molar-refractivity contribution in [2.45, 2.75) is 13.0 Å². The lowest BCUT2D eigenvalue weighted by atomic mass is 9.98. The fourth-order valence-electron chi connectivity index (χ4n) is 3.39. The first kappa shape index (κ1) is 18.1. The highest BCUT2D eigenvalue weighted by Crippen LogP contribution is 2.44. The van der Waals surface area contributed by atoms with E-state index in [1.165, 1.54) is 34.4 Å². The Morgan fingerprint density at radius 1 is 1.07 bits per heavy atom. The molecule has 0 radical (unpaired) electrons. The second-order valence-electron chi connectivity index (χ2n) is 6.48. The number of ketones is 1. The van der Waals surface area contributed by atoms with Gasteiger partial charge in [-0.3, -0.25) is 14.5 Å². The lowest BCUT2D eigenvalue weighted by Gasteiger charge is -2.25. The van der Waals surface area contributed by atoms with Crippen LogP contribution in [-0.4, -0.2) is 16.8 Å². The predicted octanol–water partition coefficient (Wildman–Crippen LogP) is 4.82.